The van der Waals surface area contributed by atoms with Crippen LogP contribution in [0.25, 0.3) is 0 Å². The number of rotatable bonds is 5. The molecule has 2 N–H and O–H groups in total. The average molecular weight is 288 g/mol. The fourth-order valence-corrected chi connectivity index (χ4v) is 1.80. The first-order valence-electron chi connectivity index (χ1n) is 6.70. The van der Waals surface area contributed by atoms with E-state index in [4.69, 9.17) is 4.74 Å². The molecule has 4 nitrogen and oxygen atoms in total. The van der Waals surface area contributed by atoms with Gasteiger partial charge in [-0.3, -0.25) is 0 Å². The van der Waals surface area contributed by atoms with Crippen LogP contribution in [0.4, 0.5) is 14.9 Å². The topological polar surface area (TPSA) is 50.4 Å². The summed E-state index contributed by atoms with van der Waals surface area (Å²) in [6, 6.07) is 13.5. The molecule has 21 heavy (non-hydrogen) atoms. The molecule has 0 heterocycles. The van der Waals surface area contributed by atoms with Gasteiger partial charge in [-0.15, -0.1) is 0 Å². The standard InChI is InChI=1S/C16H17FN2O2/c1-2-21-15-9-8-13(10-14(15)17)19-16(20)18-11-12-6-4-3-5-7-12/h3-10H,2,11H2,1H3,(H2,18,19,20). The number of hydrogen-bond donors (Lipinski definition) is 2. The monoisotopic (exact) mass is 288 g/mol. The van der Waals surface area contributed by atoms with E-state index in [9.17, 15) is 9.18 Å². The predicted molar refractivity (Wildman–Crippen MR) is 79.9 cm³/mol. The van der Waals surface area contributed by atoms with E-state index >= 15 is 0 Å². The molecule has 0 spiro atoms. The largest absolute Gasteiger partial charge is 0.491 e. The fraction of sp³-hybridized carbons (Fsp3) is 0.188. The zero-order chi connectivity index (χ0) is 15.1. The average Bonchev–Trinajstić information content (AvgIpc) is 2.49. The number of anilines is 1. The quantitative estimate of drug-likeness (QED) is 0.884. The first kappa shape index (κ1) is 14.8. The van der Waals surface area contributed by atoms with Gasteiger partial charge in [0.1, 0.15) is 0 Å². The molecule has 0 bridgehead atoms. The van der Waals surface area contributed by atoms with Crippen molar-refractivity contribution in [3.05, 3.63) is 59.9 Å². The molecule has 0 aromatic heterocycles. The van der Waals surface area contributed by atoms with Crippen molar-refractivity contribution in [1.82, 2.24) is 5.32 Å². The van der Waals surface area contributed by atoms with Gasteiger partial charge in [0.15, 0.2) is 11.6 Å². The zero-order valence-corrected chi connectivity index (χ0v) is 11.7. The summed E-state index contributed by atoms with van der Waals surface area (Å²) in [5.41, 5.74) is 1.37. The second-order valence-electron chi connectivity index (χ2n) is 4.37. The Morgan fingerprint density at radius 1 is 1.19 bits per heavy atom. The van der Waals surface area contributed by atoms with E-state index in [1.807, 2.05) is 30.3 Å². The fourth-order valence-electron chi connectivity index (χ4n) is 1.80. The first-order chi connectivity index (χ1) is 10.2. The lowest BCUT2D eigenvalue weighted by Gasteiger charge is -2.09. The first-order valence-corrected chi connectivity index (χ1v) is 6.70. The van der Waals surface area contributed by atoms with Gasteiger partial charge in [-0.2, -0.15) is 0 Å². The van der Waals surface area contributed by atoms with Crippen LogP contribution < -0.4 is 15.4 Å². The van der Waals surface area contributed by atoms with Gasteiger partial charge in [0.05, 0.1) is 6.61 Å². The van der Waals surface area contributed by atoms with E-state index in [1.54, 1.807) is 13.0 Å². The molecule has 0 unspecified atom stereocenters. The van der Waals surface area contributed by atoms with Crippen molar-refractivity contribution in [1.29, 1.82) is 0 Å². The van der Waals surface area contributed by atoms with Crippen molar-refractivity contribution >= 4 is 11.7 Å². The Kier molecular flexibility index (Phi) is 5.15. The van der Waals surface area contributed by atoms with Gasteiger partial charge in [0.25, 0.3) is 0 Å². The molecule has 0 fully saturated rings. The second-order valence-corrected chi connectivity index (χ2v) is 4.37. The van der Waals surface area contributed by atoms with Gasteiger partial charge < -0.3 is 15.4 Å². The summed E-state index contributed by atoms with van der Waals surface area (Å²) in [7, 11) is 0. The van der Waals surface area contributed by atoms with E-state index < -0.39 is 5.82 Å². The Morgan fingerprint density at radius 2 is 1.95 bits per heavy atom. The summed E-state index contributed by atoms with van der Waals surface area (Å²) in [6.07, 6.45) is 0. The Bertz CT molecular complexity index is 602. The van der Waals surface area contributed by atoms with Crippen LogP contribution in [0, 0.1) is 5.82 Å². The number of urea groups is 1. The number of carbonyl (C=O) groups is 1. The summed E-state index contributed by atoms with van der Waals surface area (Å²) in [5.74, 6) is -0.328. The Morgan fingerprint density at radius 3 is 2.62 bits per heavy atom. The smallest absolute Gasteiger partial charge is 0.319 e. The summed E-state index contributed by atoms with van der Waals surface area (Å²) in [4.78, 5) is 11.7. The van der Waals surface area contributed by atoms with Crippen molar-refractivity contribution in [2.24, 2.45) is 0 Å². The van der Waals surface area contributed by atoms with E-state index in [0.717, 1.165) is 5.56 Å². The lowest BCUT2D eigenvalue weighted by atomic mass is 10.2. The number of nitrogens with one attached hydrogen (secondary N) is 2. The van der Waals surface area contributed by atoms with Crippen LogP contribution >= 0.6 is 0 Å². The maximum absolute atomic E-state index is 13.6. The Balaban J connectivity index is 1.89. The number of halogens is 1. The van der Waals surface area contributed by atoms with Gasteiger partial charge in [-0.05, 0) is 24.6 Å². The lowest BCUT2D eigenvalue weighted by molar-refractivity contribution is 0.251. The number of ether oxygens (including phenoxy) is 1. The molecule has 0 atom stereocenters. The van der Waals surface area contributed by atoms with Crippen LogP contribution in [-0.4, -0.2) is 12.6 Å². The van der Waals surface area contributed by atoms with Gasteiger partial charge in [0, 0.05) is 18.3 Å². The molecule has 2 rings (SSSR count). The van der Waals surface area contributed by atoms with Gasteiger partial charge >= 0.3 is 6.03 Å². The van der Waals surface area contributed by atoms with Crippen molar-refractivity contribution in [3.8, 4) is 5.75 Å². The molecule has 2 aromatic carbocycles. The zero-order valence-electron chi connectivity index (χ0n) is 11.7. The van der Waals surface area contributed by atoms with Gasteiger partial charge in [-0.25, -0.2) is 9.18 Å². The highest BCUT2D eigenvalue weighted by atomic mass is 19.1. The highest BCUT2D eigenvalue weighted by molar-refractivity contribution is 5.89. The molecule has 0 aliphatic carbocycles. The third-order valence-corrected chi connectivity index (χ3v) is 2.79. The Hall–Kier alpha value is -2.56. The minimum atomic E-state index is -0.502. The number of hydrogen-bond acceptors (Lipinski definition) is 2. The Labute approximate surface area is 122 Å². The minimum Gasteiger partial charge on any atom is -0.491 e. The maximum Gasteiger partial charge on any atom is 0.319 e. The van der Waals surface area contributed by atoms with E-state index in [0.29, 0.717) is 18.8 Å². The van der Waals surface area contributed by atoms with E-state index in [2.05, 4.69) is 10.6 Å². The normalized spacial score (nSPS) is 10.0. The third-order valence-electron chi connectivity index (χ3n) is 2.79. The molecule has 0 aliphatic heterocycles. The number of carbonyl (C=O) groups excluding carboxylic acids is 1. The van der Waals surface area contributed by atoms with Gasteiger partial charge in [0.2, 0.25) is 0 Å². The number of amides is 2. The van der Waals surface area contributed by atoms with Crippen LogP contribution in [0.2, 0.25) is 0 Å². The van der Waals surface area contributed by atoms with Crippen molar-refractivity contribution < 1.29 is 13.9 Å². The van der Waals surface area contributed by atoms with Crippen LogP contribution in [0.5, 0.6) is 5.75 Å². The molecule has 0 aliphatic rings. The third kappa shape index (κ3) is 4.49. The van der Waals surface area contributed by atoms with Crippen molar-refractivity contribution in [2.45, 2.75) is 13.5 Å². The molecule has 2 aromatic rings. The molecule has 5 heteroatoms. The number of benzene rings is 2. The highest BCUT2D eigenvalue weighted by Gasteiger charge is 2.06. The summed E-state index contributed by atoms with van der Waals surface area (Å²) in [6.45, 7) is 2.58. The van der Waals surface area contributed by atoms with Crippen LogP contribution in [0.3, 0.4) is 0 Å². The summed E-state index contributed by atoms with van der Waals surface area (Å²) < 4.78 is 18.7. The highest BCUT2D eigenvalue weighted by Crippen LogP contribution is 2.21. The predicted octanol–water partition coefficient (Wildman–Crippen LogP) is 3.55. The van der Waals surface area contributed by atoms with Crippen LogP contribution in [0.15, 0.2) is 48.5 Å². The molecular weight excluding hydrogens is 271 g/mol. The van der Waals surface area contributed by atoms with Crippen molar-refractivity contribution in [3.63, 3.8) is 0 Å². The maximum atomic E-state index is 13.6. The SMILES string of the molecule is CCOc1ccc(NC(=O)NCc2ccccc2)cc1F. The van der Waals surface area contributed by atoms with E-state index in [1.165, 1.54) is 12.1 Å². The molecule has 0 saturated carbocycles. The second kappa shape index (κ2) is 7.28. The molecule has 0 radical (unpaired) electrons. The van der Waals surface area contributed by atoms with Crippen molar-refractivity contribution in [2.75, 3.05) is 11.9 Å². The summed E-state index contributed by atoms with van der Waals surface area (Å²) >= 11 is 0. The summed E-state index contributed by atoms with van der Waals surface area (Å²) in [5, 5.41) is 5.28. The lowest BCUT2D eigenvalue weighted by Crippen LogP contribution is -2.28. The van der Waals surface area contributed by atoms with Crippen LogP contribution in [0.1, 0.15) is 12.5 Å². The molecule has 110 valence electrons. The van der Waals surface area contributed by atoms with Gasteiger partial charge in [-0.1, -0.05) is 30.3 Å². The van der Waals surface area contributed by atoms with E-state index in [-0.39, 0.29) is 11.8 Å². The molecule has 0 saturated heterocycles. The molecular formula is C16H17FN2O2. The minimum absolute atomic E-state index is 0.174. The van der Waals surface area contributed by atoms with Crippen LogP contribution in [-0.2, 0) is 6.54 Å². The molecule has 2 amide bonds.